The van der Waals surface area contributed by atoms with Crippen LogP contribution in [0.5, 0.6) is 0 Å². The van der Waals surface area contributed by atoms with Crippen molar-refractivity contribution in [1.29, 1.82) is 0 Å². The maximum absolute atomic E-state index is 12.3. The van der Waals surface area contributed by atoms with E-state index in [4.69, 9.17) is 105 Å². The fraction of sp³-hybridized carbons (Fsp3) is 0.857. The molecule has 37 heteroatoms. The highest BCUT2D eigenvalue weighted by Crippen LogP contribution is 2.57. The monoisotopic (exact) mass is 2110 g/mol. The smallest absolute Gasteiger partial charge is 0.309 e. The van der Waals surface area contributed by atoms with E-state index in [0.717, 1.165) is 34.7 Å². The number of hydrogen-bond acceptors (Lipinski definition) is 31. The molecule has 18 rings (SSSR count). The van der Waals surface area contributed by atoms with Gasteiger partial charge in [0.1, 0.15) is 48.5 Å². The lowest BCUT2D eigenvalue weighted by Gasteiger charge is -2.40. The molecule has 2 aromatic carbocycles. The van der Waals surface area contributed by atoms with Crippen molar-refractivity contribution in [1.82, 2.24) is 0 Å². The first kappa shape index (κ1) is 112. The van der Waals surface area contributed by atoms with Gasteiger partial charge in [-0.25, -0.2) is 8.42 Å². The number of aryl methyl sites for hydroxylation is 2. The molecule has 11 aliphatic heterocycles. The van der Waals surface area contributed by atoms with Gasteiger partial charge in [-0.2, -0.15) is 8.42 Å². The van der Waals surface area contributed by atoms with Gasteiger partial charge >= 0.3 is 5.97 Å². The Morgan fingerprint density at radius 2 is 0.793 bits per heavy atom. The van der Waals surface area contributed by atoms with Crippen LogP contribution in [0.1, 0.15) is 265 Å². The van der Waals surface area contributed by atoms with E-state index < -0.39 is 105 Å². The summed E-state index contributed by atoms with van der Waals surface area (Å²) in [5.41, 5.74) is -1.96. The number of fused-ring (bicyclic) bond motifs is 19. The molecule has 16 aliphatic rings. The molecule has 10 bridgehead atoms. The van der Waals surface area contributed by atoms with Crippen molar-refractivity contribution in [2.24, 2.45) is 11.8 Å². The second-order valence-electron chi connectivity index (χ2n) is 46.3. The van der Waals surface area contributed by atoms with Gasteiger partial charge in [0.25, 0.3) is 19.2 Å². The van der Waals surface area contributed by atoms with Gasteiger partial charge in [0.05, 0.1) is 137 Å². The Labute approximate surface area is 822 Å². The van der Waals surface area contributed by atoms with Crippen LogP contribution < -0.4 is 0 Å². The van der Waals surface area contributed by atoms with Crippen LogP contribution in [-0.2, 0) is 118 Å². The molecule has 5 aliphatic carbocycles. The van der Waals surface area contributed by atoms with Gasteiger partial charge in [0, 0.05) is 111 Å². The van der Waals surface area contributed by atoms with Crippen molar-refractivity contribution in [3.8, 4) is 0 Å². The van der Waals surface area contributed by atoms with Gasteiger partial charge in [-0.3, -0.25) is 8.98 Å². The summed E-state index contributed by atoms with van der Waals surface area (Å²) >= 11 is 2.32. The third-order valence-corrected chi connectivity index (χ3v) is 43.3. The molecule has 0 amide bonds. The van der Waals surface area contributed by atoms with Crippen molar-refractivity contribution in [2.45, 2.75) is 511 Å². The zero-order valence-electron chi connectivity index (χ0n) is 84.4. The Morgan fingerprint density at radius 1 is 0.474 bits per heavy atom. The van der Waals surface area contributed by atoms with E-state index in [2.05, 4.69) is 118 Å². The highest BCUT2D eigenvalue weighted by molar-refractivity contribution is 14.1. The van der Waals surface area contributed by atoms with Crippen LogP contribution in [0.15, 0.2) is 58.3 Å². The summed E-state index contributed by atoms with van der Waals surface area (Å²) in [5.74, 6) is -2.56. The third-order valence-electron chi connectivity index (χ3n) is 30.9. The lowest BCUT2D eigenvalue weighted by atomic mass is 9.78. The highest BCUT2D eigenvalue weighted by Gasteiger charge is 2.69. The topological polar surface area (TPSA) is 399 Å². The van der Waals surface area contributed by atoms with Crippen molar-refractivity contribution in [3.63, 3.8) is 0 Å². The van der Waals surface area contributed by atoms with E-state index in [-0.39, 0.29) is 180 Å². The average molecular weight is 2120 g/mol. The van der Waals surface area contributed by atoms with Crippen LogP contribution in [0.3, 0.4) is 0 Å². The number of halogens is 2. The lowest BCUT2D eigenvalue weighted by molar-refractivity contribution is -0.165. The minimum atomic E-state index is -3.83. The molecule has 30 atom stereocenters. The van der Waals surface area contributed by atoms with Gasteiger partial charge in [-0.05, 0) is 201 Å². The maximum Gasteiger partial charge on any atom is 0.309 e. The summed E-state index contributed by atoms with van der Waals surface area (Å²) < 4.78 is 159. The molecule has 6 N–H and O–H groups in total. The summed E-state index contributed by atoms with van der Waals surface area (Å²) in [4.78, 5) is 22.1. The minimum Gasteiger partial charge on any atom is -0.456 e. The highest BCUT2D eigenvalue weighted by atomic mass is 127. The Balaban J connectivity index is 0.000000145. The molecule has 5 saturated carbocycles. The fourth-order valence-electron chi connectivity index (χ4n) is 21.8. The van der Waals surface area contributed by atoms with E-state index in [1.165, 1.54) is 24.3 Å². The summed E-state index contributed by atoms with van der Waals surface area (Å²) in [6.45, 7) is 53.6. The number of ether oxygens (including phenoxy) is 16. The van der Waals surface area contributed by atoms with Gasteiger partial charge in [0.2, 0.25) is 0 Å². The first-order valence-corrected chi connectivity index (χ1v) is 59.9. The van der Waals surface area contributed by atoms with E-state index in [0.29, 0.717) is 102 Å². The van der Waals surface area contributed by atoms with Crippen LogP contribution in [0.2, 0.25) is 36.3 Å². The Kier molecular flexibility index (Phi) is 34.5. The summed E-state index contributed by atoms with van der Waals surface area (Å²) in [7, 11) is -5.79. The Bertz CT molecular complexity index is 4500. The van der Waals surface area contributed by atoms with Crippen molar-refractivity contribution >= 4 is 81.3 Å². The Morgan fingerprint density at radius 3 is 1.14 bits per heavy atom. The van der Waals surface area contributed by atoms with Crippen LogP contribution >= 0.6 is 33.3 Å². The van der Waals surface area contributed by atoms with Crippen molar-refractivity contribution < 1.29 is 146 Å². The number of aliphatic hydroxyl groups excluding tert-OH is 2. The predicted octanol–water partition coefficient (Wildman–Crippen LogP) is 14.4. The Hall–Kier alpha value is -2.03. The second-order valence-corrected chi connectivity index (χ2v) is 61.1. The average Bonchev–Trinajstić information content (AvgIpc) is 1.55. The van der Waals surface area contributed by atoms with Gasteiger partial charge in [0.15, 0.2) is 45.6 Å². The number of aliphatic hydroxyl groups is 6. The molecule has 135 heavy (non-hydrogen) atoms. The molecule has 0 aromatic heterocycles. The predicted molar refractivity (Wildman–Crippen MR) is 515 cm³/mol. The van der Waals surface area contributed by atoms with E-state index in [1.807, 2.05) is 83.1 Å². The van der Waals surface area contributed by atoms with Gasteiger partial charge in [-0.15, -0.1) is 0 Å². The normalized spacial score (nSPS) is 38.9. The van der Waals surface area contributed by atoms with E-state index >= 15 is 0 Å². The SMILES string of the molecule is CC1(C)OC2[C@H]3C[C@@](O)(C[C@H]2O1)[C@H](CCI)O3.CC1(C)OC2[C@H]3C[C@@](O)(C[C@H]2O1)[C@H](CCO)O3.CC1(C)OC2[C@H]3C[C@]4(C[C@H]2O1)OC(=O)C[C@@H]4O3.C[C@H](CC(O)CCC1O[C@@H]2C[C@@]1(O)C[C@H]1OC(C)(C)OC21)[C@@H](C)O[Si](C)(C)C(C)(C)C.C[C@H](CC=O)[C@@H](C)O[Si](C)(C)C(C)(C)C.Cc1ccc(S(=O)(=O)Cl)cc1.Cc1ccc(S(=O)(=O)OCC[C@@H]2O[C@@H]3C[C@@]2(O)C[C@H]2OC(C)(C)OC32)cc1. The van der Waals surface area contributed by atoms with Gasteiger partial charge in [-0.1, -0.05) is 113 Å². The largest absolute Gasteiger partial charge is 0.456 e. The molecule has 11 saturated heterocycles. The first-order valence-electron chi connectivity index (χ1n) is 48.9. The number of carbonyl (C=O) groups excluding carboxylic acids is 2. The van der Waals surface area contributed by atoms with Crippen molar-refractivity contribution in [3.05, 3.63) is 59.7 Å². The van der Waals surface area contributed by atoms with Crippen molar-refractivity contribution in [2.75, 3.05) is 17.6 Å². The standard InChI is InChI=1S/C24H46O6Si.C19H26O7S.C12H19IO4.C12H16O5.C12H20O5.C12H26O2Si.C7H7ClO2S/c1-15(16(2)30-31(8,9)22(3,4)5)12-17(25)10-11-20-24(26)13-18(27-20)21-19(14-24)28-23(6,7)29-21;1-12-4-6-13(7-5-12)27(21,22)23-9-8-16-19(20)10-14(24-16)17-15(11-19)25-18(2,3)26-17;1-11(2)16-8-6-12(14)5-7(10(8)17-11)15-9(12)3-4-13;1-11(2)15-7-5-12-4-6(10(7)17-11)14-8(12)3-9(13)16-12;1-11(2)16-8-6-12(14)5-7(10(8)17-11)15-9(12)3-4-13;1-10(8-9-13)11(2)14-15(6,7)12(3,4)5;1-6-2-4-7(5-3-6)11(8,9)10/h15-21,25-26H,10-14H2,1-9H3;4-7,14-17,20H,8-11H2,1-3H3;7-10,14H,3-6H2,1-2H3;6-8,10H,3-5H2,1-2H3;7-10,13-14H,3-6H2,1-2H3;9-11H,8H2,1-7H3;2-5H,1H3/t15-,16-,17?,18-,19-,20?,21?,24-;14-,15-,16+,17?,19-;7-,8-,9+,10?,12-;6-,7-,8+,10?,12-;7-,8-,9+,10?,12-;10-,11-;/m111111./s1. The molecule has 16 fully saturated rings. The number of aldehydes is 1. The number of hydrogen-bond donors (Lipinski definition) is 6. The van der Waals surface area contributed by atoms with Crippen LogP contribution in [0.4, 0.5) is 0 Å². The quantitative estimate of drug-likeness (QED) is 0.0114. The molecular weight excluding hydrogens is 1960 g/mol. The lowest BCUT2D eigenvalue weighted by Crippen LogP contribution is -2.48. The summed E-state index contributed by atoms with van der Waals surface area (Å²) in [6.07, 6.45) is 8.65. The number of carbonyl (C=O) groups is 2. The molecule has 772 valence electrons. The van der Waals surface area contributed by atoms with Crippen LogP contribution in [0, 0.1) is 25.7 Å². The molecule has 7 unspecified atom stereocenters. The maximum atomic E-state index is 12.3. The fourth-order valence-corrected chi connectivity index (χ4v) is 27.1. The molecule has 31 nitrogen and oxygen atoms in total. The zero-order valence-corrected chi connectivity index (χ0v) is 91.0. The van der Waals surface area contributed by atoms with Crippen LogP contribution in [0.25, 0.3) is 0 Å². The second kappa shape index (κ2) is 41.7. The number of alkyl halides is 1. The van der Waals surface area contributed by atoms with E-state index in [9.17, 15) is 52.0 Å². The van der Waals surface area contributed by atoms with E-state index in [1.54, 1.807) is 24.3 Å². The van der Waals surface area contributed by atoms with Gasteiger partial charge < -0.3 is 120 Å². The molecule has 1 spiro atoms. The molecule has 0 radical (unpaired) electrons. The summed E-state index contributed by atoms with van der Waals surface area (Å²) in [6, 6.07) is 12.9. The molecule has 11 heterocycles. The number of rotatable bonds is 23. The zero-order chi connectivity index (χ0) is 100.0. The first-order chi connectivity index (χ1) is 62.1. The third kappa shape index (κ3) is 26.5. The molecule has 2 aromatic rings. The van der Waals surface area contributed by atoms with Crippen LogP contribution in [-0.4, -0.2) is 291 Å². The minimum absolute atomic E-state index is 0.00604. The number of esters is 1. The summed E-state index contributed by atoms with van der Waals surface area (Å²) in [5, 5.41) is 63.6. The molecular formula is C98H160ClIO31S2Si2. The number of benzene rings is 2.